The fourth-order valence-corrected chi connectivity index (χ4v) is 4.85. The number of hydrogen-bond donors (Lipinski definition) is 1. The maximum Gasteiger partial charge on any atom is 0.244 e. The average Bonchev–Trinajstić information content (AvgIpc) is 2.52. The van der Waals surface area contributed by atoms with Crippen LogP contribution in [0.3, 0.4) is 0 Å². The Morgan fingerprint density at radius 3 is 2.82 bits per heavy atom. The van der Waals surface area contributed by atoms with Crippen LogP contribution >= 0.6 is 23.4 Å². The predicted octanol–water partition coefficient (Wildman–Crippen LogP) is 2.54. The third-order valence-electron chi connectivity index (χ3n) is 3.33. The van der Waals surface area contributed by atoms with Crippen LogP contribution in [-0.2, 0) is 14.8 Å². The number of methoxy groups -OCH3 is 1. The van der Waals surface area contributed by atoms with E-state index in [0.29, 0.717) is 16.8 Å². The number of benzene rings is 1. The van der Waals surface area contributed by atoms with Gasteiger partial charge in [-0.2, -0.15) is 11.8 Å². The molecule has 124 valence electrons. The molecule has 0 radical (unpaired) electrons. The van der Waals surface area contributed by atoms with Gasteiger partial charge in [-0.3, -0.25) is 0 Å². The van der Waals surface area contributed by atoms with E-state index in [1.165, 1.54) is 13.2 Å². The summed E-state index contributed by atoms with van der Waals surface area (Å²) in [7, 11) is -2.19. The van der Waals surface area contributed by atoms with Gasteiger partial charge in [0, 0.05) is 35.8 Å². The summed E-state index contributed by atoms with van der Waals surface area (Å²) in [5, 5.41) is 0.914. The molecule has 0 atom stereocenters. The highest BCUT2D eigenvalue weighted by atomic mass is 35.5. The number of hydrogen-bond acceptors (Lipinski definition) is 5. The highest BCUT2D eigenvalue weighted by Gasteiger charge is 2.20. The molecule has 0 amide bonds. The summed E-state index contributed by atoms with van der Waals surface area (Å²) in [5.41, 5.74) is 0. The summed E-state index contributed by atoms with van der Waals surface area (Å²) >= 11 is 7.66. The Balaban J connectivity index is 1.89. The van der Waals surface area contributed by atoms with Gasteiger partial charge in [-0.1, -0.05) is 11.6 Å². The molecule has 1 aromatic carbocycles. The Hall–Kier alpha value is -0.470. The second-order valence-corrected chi connectivity index (χ2v) is 8.46. The number of ether oxygens (including phenoxy) is 2. The van der Waals surface area contributed by atoms with Crippen molar-refractivity contribution in [2.45, 2.75) is 23.0 Å². The van der Waals surface area contributed by atoms with E-state index in [-0.39, 0.29) is 10.6 Å². The van der Waals surface area contributed by atoms with E-state index in [1.807, 2.05) is 0 Å². The zero-order valence-corrected chi connectivity index (χ0v) is 14.8. The molecular weight excluding hydrogens is 346 g/mol. The van der Waals surface area contributed by atoms with Gasteiger partial charge in [0.25, 0.3) is 0 Å². The first-order valence-corrected chi connectivity index (χ1v) is 9.96. The van der Waals surface area contributed by atoms with Crippen molar-refractivity contribution in [1.82, 2.24) is 4.72 Å². The Morgan fingerprint density at radius 1 is 1.41 bits per heavy atom. The summed E-state index contributed by atoms with van der Waals surface area (Å²) in [6.45, 7) is 1.96. The lowest BCUT2D eigenvalue weighted by Crippen LogP contribution is -2.27. The maximum atomic E-state index is 12.3. The molecule has 8 heteroatoms. The Morgan fingerprint density at radius 2 is 2.14 bits per heavy atom. The molecule has 0 unspecified atom stereocenters. The van der Waals surface area contributed by atoms with Crippen molar-refractivity contribution in [3.8, 4) is 5.75 Å². The van der Waals surface area contributed by atoms with Crippen LogP contribution in [0.1, 0.15) is 12.8 Å². The molecule has 1 heterocycles. The van der Waals surface area contributed by atoms with E-state index >= 15 is 0 Å². The molecule has 1 fully saturated rings. The van der Waals surface area contributed by atoms with Crippen LogP contribution in [-0.4, -0.2) is 46.3 Å². The second kappa shape index (κ2) is 8.40. The van der Waals surface area contributed by atoms with Crippen molar-refractivity contribution >= 4 is 33.4 Å². The van der Waals surface area contributed by atoms with E-state index in [1.54, 1.807) is 23.9 Å². The van der Waals surface area contributed by atoms with Gasteiger partial charge in [-0.25, -0.2) is 13.1 Å². The minimum Gasteiger partial charge on any atom is -0.495 e. The average molecular weight is 366 g/mol. The SMILES string of the molecule is COc1ccc(Cl)cc1S(=O)(=O)NCCSC1CCOCC1. The molecule has 5 nitrogen and oxygen atoms in total. The van der Waals surface area contributed by atoms with Gasteiger partial charge in [0.1, 0.15) is 10.6 Å². The Kier molecular flexibility index (Phi) is 6.83. The number of sulfonamides is 1. The zero-order valence-electron chi connectivity index (χ0n) is 12.4. The lowest BCUT2D eigenvalue weighted by Gasteiger charge is -2.21. The van der Waals surface area contributed by atoms with Crippen molar-refractivity contribution in [3.63, 3.8) is 0 Å². The topological polar surface area (TPSA) is 64.6 Å². The monoisotopic (exact) mass is 365 g/mol. The van der Waals surface area contributed by atoms with Crippen LogP contribution in [0.4, 0.5) is 0 Å². The minimum absolute atomic E-state index is 0.0681. The van der Waals surface area contributed by atoms with E-state index < -0.39 is 10.0 Å². The lowest BCUT2D eigenvalue weighted by molar-refractivity contribution is 0.100. The van der Waals surface area contributed by atoms with E-state index in [4.69, 9.17) is 21.1 Å². The van der Waals surface area contributed by atoms with Crippen molar-refractivity contribution in [2.24, 2.45) is 0 Å². The van der Waals surface area contributed by atoms with Gasteiger partial charge in [0.05, 0.1) is 7.11 Å². The van der Waals surface area contributed by atoms with Gasteiger partial charge < -0.3 is 9.47 Å². The highest BCUT2D eigenvalue weighted by molar-refractivity contribution is 8.00. The molecule has 1 aliphatic rings. The number of rotatable bonds is 7. The van der Waals surface area contributed by atoms with Gasteiger partial charge >= 0.3 is 0 Å². The van der Waals surface area contributed by atoms with Gasteiger partial charge in [0.15, 0.2) is 0 Å². The van der Waals surface area contributed by atoms with Gasteiger partial charge in [-0.05, 0) is 31.0 Å². The summed E-state index contributed by atoms with van der Waals surface area (Å²) in [5.74, 6) is 1.02. The van der Waals surface area contributed by atoms with Gasteiger partial charge in [0.2, 0.25) is 10.0 Å². The van der Waals surface area contributed by atoms with E-state index in [2.05, 4.69) is 4.72 Å². The molecule has 1 aromatic rings. The summed E-state index contributed by atoms with van der Waals surface area (Å²) < 4.78 is 37.7. The third-order valence-corrected chi connectivity index (χ3v) is 6.43. The van der Waals surface area contributed by atoms with Crippen molar-refractivity contribution < 1.29 is 17.9 Å². The van der Waals surface area contributed by atoms with Crippen LogP contribution in [0.2, 0.25) is 5.02 Å². The first-order chi connectivity index (χ1) is 10.5. The predicted molar refractivity (Wildman–Crippen MR) is 89.5 cm³/mol. The highest BCUT2D eigenvalue weighted by Crippen LogP contribution is 2.27. The molecule has 1 aliphatic heterocycles. The minimum atomic E-state index is -3.63. The summed E-state index contributed by atoms with van der Waals surface area (Å²) in [4.78, 5) is 0.0681. The first-order valence-electron chi connectivity index (χ1n) is 7.05. The third kappa shape index (κ3) is 5.03. The molecule has 0 spiro atoms. The fourth-order valence-electron chi connectivity index (χ4n) is 2.18. The molecule has 1 N–H and O–H groups in total. The van der Waals surface area contributed by atoms with E-state index in [9.17, 15) is 8.42 Å². The smallest absolute Gasteiger partial charge is 0.244 e. The van der Waals surface area contributed by atoms with Crippen LogP contribution in [0, 0.1) is 0 Å². The first kappa shape index (κ1) is 17.9. The zero-order chi connectivity index (χ0) is 16.0. The number of thioether (sulfide) groups is 1. The largest absolute Gasteiger partial charge is 0.495 e. The fraction of sp³-hybridized carbons (Fsp3) is 0.571. The standard InChI is InChI=1S/C14H20ClNO4S2/c1-19-13-3-2-11(15)10-14(13)22(17,18)16-6-9-21-12-4-7-20-8-5-12/h2-3,10,12,16H,4-9H2,1H3. The quantitative estimate of drug-likeness (QED) is 0.752. The lowest BCUT2D eigenvalue weighted by atomic mass is 10.2. The van der Waals surface area contributed by atoms with Gasteiger partial charge in [-0.15, -0.1) is 0 Å². The van der Waals surface area contributed by atoms with Crippen LogP contribution in [0.5, 0.6) is 5.75 Å². The molecule has 2 rings (SSSR count). The molecule has 1 saturated heterocycles. The molecule has 22 heavy (non-hydrogen) atoms. The van der Waals surface area contributed by atoms with Crippen LogP contribution in [0.25, 0.3) is 0 Å². The summed E-state index contributed by atoms with van der Waals surface area (Å²) in [6.07, 6.45) is 2.05. The Bertz CT molecular complexity index is 589. The second-order valence-electron chi connectivity index (χ2n) is 4.88. The molecule has 0 saturated carbocycles. The summed E-state index contributed by atoms with van der Waals surface area (Å²) in [6, 6.07) is 4.54. The van der Waals surface area contributed by atoms with Crippen molar-refractivity contribution in [3.05, 3.63) is 23.2 Å². The molecule has 0 aliphatic carbocycles. The molecule has 0 bridgehead atoms. The van der Waals surface area contributed by atoms with Crippen LogP contribution < -0.4 is 9.46 Å². The molecule has 0 aromatic heterocycles. The normalized spacial score (nSPS) is 16.6. The maximum absolute atomic E-state index is 12.3. The van der Waals surface area contributed by atoms with Crippen molar-refractivity contribution in [2.75, 3.05) is 32.6 Å². The molecular formula is C14H20ClNO4S2. The number of halogens is 1. The van der Waals surface area contributed by atoms with E-state index in [0.717, 1.165) is 31.8 Å². The number of nitrogens with one attached hydrogen (secondary N) is 1. The van der Waals surface area contributed by atoms with Crippen LogP contribution in [0.15, 0.2) is 23.1 Å². The van der Waals surface area contributed by atoms with Crippen molar-refractivity contribution in [1.29, 1.82) is 0 Å². The Labute approximate surface area is 140 Å².